The van der Waals surface area contributed by atoms with Crippen molar-refractivity contribution in [3.8, 4) is 5.75 Å². The summed E-state index contributed by atoms with van der Waals surface area (Å²) in [6, 6.07) is 2.66. The number of carbonyl (C=O) groups excluding carboxylic acids is 1. The minimum absolute atomic E-state index is 0.180. The fourth-order valence-corrected chi connectivity index (χ4v) is 1.39. The van der Waals surface area contributed by atoms with Crippen LogP contribution < -0.4 is 0 Å². The van der Waals surface area contributed by atoms with Gasteiger partial charge in [-0.1, -0.05) is 13.8 Å². The number of hydrogen-bond acceptors (Lipinski definition) is 2. The predicted octanol–water partition coefficient (Wildman–Crippen LogP) is 3.13. The molecule has 14 heavy (non-hydrogen) atoms. The molecule has 2 nitrogen and oxygen atoms in total. The molecule has 0 unspecified atom stereocenters. The maximum atomic E-state index is 13.4. The van der Waals surface area contributed by atoms with Crippen LogP contribution in [0.15, 0.2) is 16.6 Å². The molecule has 0 bridgehead atoms. The van der Waals surface area contributed by atoms with E-state index in [2.05, 4.69) is 15.9 Å². The molecule has 0 aliphatic carbocycles. The van der Waals surface area contributed by atoms with Crippen molar-refractivity contribution < 1.29 is 14.3 Å². The van der Waals surface area contributed by atoms with Gasteiger partial charge in [-0.3, -0.25) is 4.79 Å². The Labute approximate surface area is 89.9 Å². The monoisotopic (exact) mass is 260 g/mol. The molecule has 0 saturated carbocycles. The number of rotatable bonds is 2. The number of hydrogen-bond donors (Lipinski definition) is 1. The molecule has 0 aliphatic heterocycles. The lowest BCUT2D eigenvalue weighted by molar-refractivity contribution is 0.0932. The molecule has 1 aromatic rings. The first kappa shape index (κ1) is 11.2. The number of halogens is 2. The van der Waals surface area contributed by atoms with Crippen molar-refractivity contribution in [3.63, 3.8) is 0 Å². The highest BCUT2D eigenvalue weighted by molar-refractivity contribution is 9.10. The first-order valence-corrected chi connectivity index (χ1v) is 4.95. The van der Waals surface area contributed by atoms with Crippen LogP contribution in [0.25, 0.3) is 0 Å². The molecule has 1 rings (SSSR count). The van der Waals surface area contributed by atoms with Gasteiger partial charge in [0.1, 0.15) is 5.75 Å². The van der Waals surface area contributed by atoms with Gasteiger partial charge in [0.2, 0.25) is 0 Å². The Kier molecular flexibility index (Phi) is 3.26. The number of ketones is 1. The SMILES string of the molecule is CC(C)C(=O)c1c(O)ccc(Br)c1F. The topological polar surface area (TPSA) is 37.3 Å². The molecule has 0 aliphatic rings. The summed E-state index contributed by atoms with van der Waals surface area (Å²) in [6.07, 6.45) is 0. The van der Waals surface area contributed by atoms with Gasteiger partial charge in [-0.25, -0.2) is 4.39 Å². The molecule has 0 saturated heterocycles. The van der Waals surface area contributed by atoms with Crippen LogP contribution in [0, 0.1) is 11.7 Å². The highest BCUT2D eigenvalue weighted by Crippen LogP contribution is 2.28. The molecular weight excluding hydrogens is 251 g/mol. The average molecular weight is 261 g/mol. The second-order valence-corrected chi connectivity index (χ2v) is 4.13. The van der Waals surface area contributed by atoms with Crippen LogP contribution in [0.2, 0.25) is 0 Å². The number of phenolic OH excluding ortho intramolecular Hbond substituents is 1. The minimum atomic E-state index is -0.705. The third-order valence-corrected chi connectivity index (χ3v) is 2.46. The van der Waals surface area contributed by atoms with Crippen molar-refractivity contribution in [3.05, 3.63) is 28.0 Å². The number of phenols is 1. The first-order valence-electron chi connectivity index (χ1n) is 4.16. The fraction of sp³-hybridized carbons (Fsp3) is 0.300. The van der Waals surface area contributed by atoms with E-state index in [1.807, 2.05) is 0 Å². The van der Waals surface area contributed by atoms with E-state index in [0.29, 0.717) is 0 Å². The molecule has 0 heterocycles. The normalized spacial score (nSPS) is 10.6. The Balaban J connectivity index is 3.33. The van der Waals surface area contributed by atoms with Gasteiger partial charge in [-0.15, -0.1) is 0 Å². The Morgan fingerprint density at radius 2 is 2.07 bits per heavy atom. The largest absolute Gasteiger partial charge is 0.507 e. The number of aromatic hydroxyl groups is 1. The lowest BCUT2D eigenvalue weighted by Crippen LogP contribution is -2.10. The lowest BCUT2D eigenvalue weighted by Gasteiger charge is -2.08. The number of Topliss-reactive ketones (excluding diaryl/α,β-unsaturated/α-hetero) is 1. The van der Waals surface area contributed by atoms with Crippen molar-refractivity contribution in [2.45, 2.75) is 13.8 Å². The van der Waals surface area contributed by atoms with Gasteiger partial charge >= 0.3 is 0 Å². The highest BCUT2D eigenvalue weighted by atomic mass is 79.9. The maximum absolute atomic E-state index is 13.4. The summed E-state index contributed by atoms with van der Waals surface area (Å²) < 4.78 is 13.6. The third-order valence-electron chi connectivity index (χ3n) is 1.84. The van der Waals surface area contributed by atoms with Gasteiger partial charge < -0.3 is 5.11 Å². The van der Waals surface area contributed by atoms with Gasteiger partial charge in [0.25, 0.3) is 0 Å². The van der Waals surface area contributed by atoms with Gasteiger partial charge in [-0.05, 0) is 28.1 Å². The summed E-state index contributed by atoms with van der Waals surface area (Å²) in [6.45, 7) is 3.31. The molecule has 0 amide bonds. The van der Waals surface area contributed by atoms with Gasteiger partial charge in [0, 0.05) is 5.92 Å². The first-order chi connectivity index (χ1) is 6.45. The quantitative estimate of drug-likeness (QED) is 0.830. The van der Waals surface area contributed by atoms with Gasteiger partial charge in [0.05, 0.1) is 10.0 Å². The Hall–Kier alpha value is -0.900. The van der Waals surface area contributed by atoms with E-state index < -0.39 is 11.6 Å². The van der Waals surface area contributed by atoms with Crippen molar-refractivity contribution in [2.24, 2.45) is 5.92 Å². The maximum Gasteiger partial charge on any atom is 0.172 e. The Morgan fingerprint density at radius 1 is 1.50 bits per heavy atom. The van der Waals surface area contributed by atoms with Crippen LogP contribution in [-0.2, 0) is 0 Å². The predicted molar refractivity (Wildman–Crippen MR) is 54.9 cm³/mol. The van der Waals surface area contributed by atoms with Crippen LogP contribution >= 0.6 is 15.9 Å². The zero-order chi connectivity index (χ0) is 10.9. The molecule has 0 radical (unpaired) electrons. The van der Waals surface area contributed by atoms with E-state index in [-0.39, 0.29) is 21.7 Å². The molecule has 4 heteroatoms. The smallest absolute Gasteiger partial charge is 0.172 e. The molecule has 76 valence electrons. The molecule has 0 aromatic heterocycles. The summed E-state index contributed by atoms with van der Waals surface area (Å²) in [5.41, 5.74) is -0.241. The zero-order valence-corrected chi connectivity index (χ0v) is 9.43. The summed E-state index contributed by atoms with van der Waals surface area (Å²) in [4.78, 5) is 11.5. The van der Waals surface area contributed by atoms with Crippen LogP contribution in [0.4, 0.5) is 4.39 Å². The number of carbonyl (C=O) groups is 1. The average Bonchev–Trinajstić information content (AvgIpc) is 2.12. The minimum Gasteiger partial charge on any atom is -0.507 e. The van der Waals surface area contributed by atoms with Crippen LogP contribution in [-0.4, -0.2) is 10.9 Å². The summed E-state index contributed by atoms with van der Waals surface area (Å²) in [7, 11) is 0. The van der Waals surface area contributed by atoms with E-state index in [9.17, 15) is 14.3 Å². The van der Waals surface area contributed by atoms with Crippen molar-refractivity contribution >= 4 is 21.7 Å². The second kappa shape index (κ2) is 4.09. The summed E-state index contributed by atoms with van der Waals surface area (Å²) in [5.74, 6) is -1.76. The Bertz CT molecular complexity index is 375. The molecule has 0 fully saturated rings. The van der Waals surface area contributed by atoms with Crippen molar-refractivity contribution in [1.82, 2.24) is 0 Å². The van der Waals surface area contributed by atoms with Crippen molar-refractivity contribution in [1.29, 1.82) is 0 Å². The Morgan fingerprint density at radius 3 is 2.57 bits per heavy atom. The van der Waals surface area contributed by atoms with E-state index in [1.54, 1.807) is 13.8 Å². The van der Waals surface area contributed by atoms with E-state index in [1.165, 1.54) is 12.1 Å². The van der Waals surface area contributed by atoms with Crippen molar-refractivity contribution in [2.75, 3.05) is 0 Å². The summed E-state index contributed by atoms with van der Waals surface area (Å²) >= 11 is 2.96. The standard InChI is InChI=1S/C10H10BrFO2/c1-5(2)10(14)8-7(13)4-3-6(11)9(8)12/h3-5,13H,1-2H3. The van der Waals surface area contributed by atoms with Crippen LogP contribution in [0.3, 0.4) is 0 Å². The summed E-state index contributed by atoms with van der Waals surface area (Å²) in [5, 5.41) is 9.35. The molecule has 1 aromatic carbocycles. The molecule has 0 spiro atoms. The zero-order valence-electron chi connectivity index (χ0n) is 7.84. The van der Waals surface area contributed by atoms with Gasteiger partial charge in [0.15, 0.2) is 11.6 Å². The molecule has 1 N–H and O–H groups in total. The lowest BCUT2D eigenvalue weighted by atomic mass is 10.00. The van der Waals surface area contributed by atoms with Gasteiger partial charge in [-0.2, -0.15) is 0 Å². The fourth-order valence-electron chi connectivity index (χ4n) is 1.06. The second-order valence-electron chi connectivity index (χ2n) is 3.27. The van der Waals surface area contributed by atoms with E-state index in [0.717, 1.165) is 0 Å². The third kappa shape index (κ3) is 1.95. The molecule has 0 atom stereocenters. The van der Waals surface area contributed by atoms with Crippen LogP contribution in [0.5, 0.6) is 5.75 Å². The highest BCUT2D eigenvalue weighted by Gasteiger charge is 2.21. The molecular formula is C10H10BrFO2. The number of benzene rings is 1. The van der Waals surface area contributed by atoms with E-state index >= 15 is 0 Å². The van der Waals surface area contributed by atoms with E-state index in [4.69, 9.17) is 0 Å². The van der Waals surface area contributed by atoms with Crippen LogP contribution in [0.1, 0.15) is 24.2 Å².